The van der Waals surface area contributed by atoms with Crippen molar-refractivity contribution in [1.82, 2.24) is 5.32 Å². The van der Waals surface area contributed by atoms with Gasteiger partial charge in [-0.2, -0.15) is 0 Å². The van der Waals surface area contributed by atoms with E-state index in [0.29, 0.717) is 11.5 Å². The molecule has 1 spiro atoms. The molecule has 6 atom stereocenters. The van der Waals surface area contributed by atoms with Gasteiger partial charge in [0.25, 0.3) is 0 Å². The molecule has 0 aromatic carbocycles. The quantitative estimate of drug-likeness (QED) is 0.826. The molecule has 0 aromatic heterocycles. The molecule has 0 amide bonds. The number of fused-ring (bicyclic) bond motifs is 2. The maximum absolute atomic E-state index is 5.98. The van der Waals surface area contributed by atoms with E-state index >= 15 is 0 Å². The van der Waals surface area contributed by atoms with E-state index in [-0.39, 0.29) is 0 Å². The van der Waals surface area contributed by atoms with Gasteiger partial charge in [-0.25, -0.2) is 0 Å². The van der Waals surface area contributed by atoms with Crippen LogP contribution in [0.15, 0.2) is 0 Å². The second-order valence-corrected chi connectivity index (χ2v) is 8.11. The molecule has 0 aromatic rings. The van der Waals surface area contributed by atoms with Gasteiger partial charge < -0.3 is 10.1 Å². The van der Waals surface area contributed by atoms with Gasteiger partial charge in [0.2, 0.25) is 0 Å². The summed E-state index contributed by atoms with van der Waals surface area (Å²) in [5.74, 6) is 3.09. The Labute approximate surface area is 124 Å². The molecule has 4 fully saturated rings. The first-order valence-electron chi connectivity index (χ1n) is 9.10. The van der Waals surface area contributed by atoms with Crippen LogP contribution < -0.4 is 5.32 Å². The highest BCUT2D eigenvalue weighted by molar-refractivity contribution is 5.13. The van der Waals surface area contributed by atoms with Crippen LogP contribution in [0.5, 0.6) is 0 Å². The van der Waals surface area contributed by atoms with Crippen LogP contribution in [0.2, 0.25) is 0 Å². The number of hydrogen-bond acceptors (Lipinski definition) is 2. The molecule has 2 heteroatoms. The molecule has 4 aliphatic rings. The zero-order chi connectivity index (χ0) is 13.7. The van der Waals surface area contributed by atoms with Crippen molar-refractivity contribution in [3.63, 3.8) is 0 Å². The Kier molecular flexibility index (Phi) is 3.38. The summed E-state index contributed by atoms with van der Waals surface area (Å²) in [4.78, 5) is 0. The van der Waals surface area contributed by atoms with Gasteiger partial charge in [-0.15, -0.1) is 0 Å². The van der Waals surface area contributed by atoms with E-state index in [4.69, 9.17) is 4.74 Å². The van der Waals surface area contributed by atoms with Gasteiger partial charge >= 0.3 is 0 Å². The summed E-state index contributed by atoms with van der Waals surface area (Å²) in [6.07, 6.45) is 12.1. The SMILES string of the molecule is CCOC1CC(NC(C)C2CC3CCC2C3)C12CCC2. The molecule has 6 unspecified atom stereocenters. The van der Waals surface area contributed by atoms with E-state index in [1.54, 1.807) is 0 Å². The van der Waals surface area contributed by atoms with Gasteiger partial charge in [0.05, 0.1) is 6.10 Å². The minimum Gasteiger partial charge on any atom is -0.378 e. The van der Waals surface area contributed by atoms with E-state index < -0.39 is 0 Å². The molecule has 4 aliphatic carbocycles. The molecule has 20 heavy (non-hydrogen) atoms. The first-order valence-corrected chi connectivity index (χ1v) is 9.10. The predicted octanol–water partition coefficient (Wildman–Crippen LogP) is 3.75. The molecule has 1 N–H and O–H groups in total. The highest BCUT2D eigenvalue weighted by Gasteiger charge is 2.59. The molecule has 4 rings (SSSR count). The molecule has 0 aliphatic heterocycles. The van der Waals surface area contributed by atoms with Gasteiger partial charge in [0.1, 0.15) is 0 Å². The van der Waals surface area contributed by atoms with Crippen molar-refractivity contribution in [1.29, 1.82) is 0 Å². The number of nitrogens with one attached hydrogen (secondary N) is 1. The summed E-state index contributed by atoms with van der Waals surface area (Å²) in [5, 5.41) is 4.04. The fraction of sp³-hybridized carbons (Fsp3) is 1.00. The third kappa shape index (κ3) is 1.90. The summed E-state index contributed by atoms with van der Waals surface area (Å²) in [7, 11) is 0. The Morgan fingerprint density at radius 3 is 2.60 bits per heavy atom. The molecule has 2 nitrogen and oxygen atoms in total. The van der Waals surface area contributed by atoms with Crippen molar-refractivity contribution in [2.75, 3.05) is 6.61 Å². The lowest BCUT2D eigenvalue weighted by atomic mass is 9.50. The molecule has 114 valence electrons. The summed E-state index contributed by atoms with van der Waals surface area (Å²) in [6, 6.07) is 1.48. The standard InChI is InChI=1S/C18H31NO/c1-3-20-17-11-16(18(17)7-4-8-18)19-12(2)15-10-13-5-6-14(15)9-13/h12-17,19H,3-11H2,1-2H3. The number of rotatable bonds is 5. The molecule has 4 saturated carbocycles. The average molecular weight is 277 g/mol. The van der Waals surface area contributed by atoms with E-state index in [1.807, 2.05) is 0 Å². The number of ether oxygens (including phenoxy) is 1. The first-order chi connectivity index (χ1) is 9.73. The second-order valence-electron chi connectivity index (χ2n) is 8.11. The van der Waals surface area contributed by atoms with Crippen LogP contribution in [0, 0.1) is 23.2 Å². The highest BCUT2D eigenvalue weighted by atomic mass is 16.5. The smallest absolute Gasteiger partial charge is 0.0661 e. The van der Waals surface area contributed by atoms with Crippen LogP contribution in [-0.4, -0.2) is 24.8 Å². The van der Waals surface area contributed by atoms with Crippen LogP contribution in [-0.2, 0) is 4.74 Å². The summed E-state index contributed by atoms with van der Waals surface area (Å²) < 4.78 is 5.98. The zero-order valence-corrected chi connectivity index (χ0v) is 13.2. The van der Waals surface area contributed by atoms with Crippen molar-refractivity contribution in [3.8, 4) is 0 Å². The Bertz CT molecular complexity index is 364. The second kappa shape index (κ2) is 4.98. The van der Waals surface area contributed by atoms with Crippen LogP contribution in [0.4, 0.5) is 0 Å². The fourth-order valence-corrected chi connectivity index (χ4v) is 6.02. The zero-order valence-electron chi connectivity index (χ0n) is 13.2. The number of hydrogen-bond donors (Lipinski definition) is 1. The topological polar surface area (TPSA) is 21.3 Å². The third-order valence-electron chi connectivity index (χ3n) is 7.34. The van der Waals surface area contributed by atoms with E-state index in [1.165, 1.54) is 51.4 Å². The van der Waals surface area contributed by atoms with Crippen molar-refractivity contribution >= 4 is 0 Å². The van der Waals surface area contributed by atoms with Crippen LogP contribution in [0.1, 0.15) is 65.2 Å². The molecule has 2 bridgehead atoms. The van der Waals surface area contributed by atoms with Gasteiger partial charge in [0.15, 0.2) is 0 Å². The lowest BCUT2D eigenvalue weighted by Gasteiger charge is -2.62. The molecular weight excluding hydrogens is 246 g/mol. The molecule has 0 radical (unpaired) electrons. The maximum atomic E-state index is 5.98. The van der Waals surface area contributed by atoms with Crippen molar-refractivity contribution in [2.45, 2.75) is 83.4 Å². The molecular formula is C18H31NO. The monoisotopic (exact) mass is 277 g/mol. The van der Waals surface area contributed by atoms with Gasteiger partial charge in [-0.05, 0) is 70.1 Å². The first kappa shape index (κ1) is 13.6. The van der Waals surface area contributed by atoms with Crippen LogP contribution in [0.25, 0.3) is 0 Å². The van der Waals surface area contributed by atoms with Crippen molar-refractivity contribution < 1.29 is 4.74 Å². The van der Waals surface area contributed by atoms with E-state index in [0.717, 1.165) is 36.4 Å². The van der Waals surface area contributed by atoms with Gasteiger partial charge in [-0.3, -0.25) is 0 Å². The minimum absolute atomic E-state index is 0.530. The predicted molar refractivity (Wildman–Crippen MR) is 81.6 cm³/mol. The van der Waals surface area contributed by atoms with Crippen molar-refractivity contribution in [2.24, 2.45) is 23.2 Å². The normalized spacial score (nSPS) is 46.2. The lowest BCUT2D eigenvalue weighted by Crippen LogP contribution is -2.68. The Hall–Kier alpha value is -0.0800. The average Bonchev–Trinajstić information content (AvgIpc) is 2.97. The van der Waals surface area contributed by atoms with Crippen LogP contribution in [0.3, 0.4) is 0 Å². The fourth-order valence-electron chi connectivity index (χ4n) is 6.02. The van der Waals surface area contributed by atoms with E-state index in [2.05, 4.69) is 19.2 Å². The largest absolute Gasteiger partial charge is 0.378 e. The van der Waals surface area contributed by atoms with Crippen molar-refractivity contribution in [3.05, 3.63) is 0 Å². The lowest BCUT2D eigenvalue weighted by molar-refractivity contribution is -0.175. The van der Waals surface area contributed by atoms with Gasteiger partial charge in [-0.1, -0.05) is 12.8 Å². The van der Waals surface area contributed by atoms with Crippen LogP contribution >= 0.6 is 0 Å². The highest BCUT2D eigenvalue weighted by Crippen LogP contribution is 2.58. The Balaban J connectivity index is 1.35. The summed E-state index contributed by atoms with van der Waals surface area (Å²) >= 11 is 0. The Morgan fingerprint density at radius 2 is 2.05 bits per heavy atom. The maximum Gasteiger partial charge on any atom is 0.0661 e. The van der Waals surface area contributed by atoms with Gasteiger partial charge in [0, 0.05) is 24.1 Å². The Morgan fingerprint density at radius 1 is 1.20 bits per heavy atom. The minimum atomic E-state index is 0.530. The third-order valence-corrected chi connectivity index (χ3v) is 7.34. The van der Waals surface area contributed by atoms with E-state index in [9.17, 15) is 0 Å². The molecule has 0 saturated heterocycles. The molecule has 0 heterocycles. The summed E-state index contributed by atoms with van der Waals surface area (Å²) in [5.41, 5.74) is 0.530. The summed E-state index contributed by atoms with van der Waals surface area (Å²) in [6.45, 7) is 5.50.